The van der Waals surface area contributed by atoms with Gasteiger partial charge in [-0.1, -0.05) is 36.4 Å². The number of aromatic nitrogens is 1. The Labute approximate surface area is 152 Å². The van der Waals surface area contributed by atoms with Crippen LogP contribution >= 0.6 is 0 Å². The quantitative estimate of drug-likeness (QED) is 0.766. The topological polar surface area (TPSA) is 57.4 Å². The van der Waals surface area contributed by atoms with E-state index < -0.39 is 5.54 Å². The zero-order valence-corrected chi connectivity index (χ0v) is 14.7. The number of rotatable bonds is 3. The number of fused-ring (bicyclic) bond motifs is 6. The van der Waals surface area contributed by atoms with E-state index in [0.717, 1.165) is 35.4 Å². The lowest BCUT2D eigenvalue weighted by atomic mass is 9.82. The smallest absolute Gasteiger partial charge is 0.258 e. The van der Waals surface area contributed by atoms with E-state index in [4.69, 9.17) is 4.74 Å². The Kier molecular flexibility index (Phi) is 3.42. The first-order valence-corrected chi connectivity index (χ1v) is 9.03. The van der Waals surface area contributed by atoms with Gasteiger partial charge in [0, 0.05) is 42.4 Å². The summed E-state index contributed by atoms with van der Waals surface area (Å²) < 4.78 is 5.24. The highest BCUT2D eigenvalue weighted by molar-refractivity contribution is 6.11. The summed E-state index contributed by atoms with van der Waals surface area (Å²) >= 11 is 0. The molecule has 1 aromatic heterocycles. The van der Waals surface area contributed by atoms with E-state index in [2.05, 4.69) is 34.6 Å². The maximum Gasteiger partial charge on any atom is 0.258 e. The number of nitrogens with one attached hydrogen (secondary N) is 2. The van der Waals surface area contributed by atoms with Crippen LogP contribution in [0, 0.1) is 0 Å². The van der Waals surface area contributed by atoms with E-state index >= 15 is 0 Å². The van der Waals surface area contributed by atoms with Crippen LogP contribution in [0.15, 0.2) is 48.5 Å². The Balaban J connectivity index is 1.76. The van der Waals surface area contributed by atoms with Gasteiger partial charge in [-0.3, -0.25) is 10.1 Å². The molecule has 132 valence electrons. The molecule has 1 amide bonds. The fraction of sp³-hybridized carbons (Fsp3) is 0.286. The highest BCUT2D eigenvalue weighted by Gasteiger charge is 2.55. The number of aromatic amines is 1. The third-order valence-electron chi connectivity index (χ3n) is 5.64. The molecule has 5 heteroatoms. The maximum absolute atomic E-state index is 13.7. The summed E-state index contributed by atoms with van der Waals surface area (Å²) in [6, 6.07) is 16.4. The number of hydrogen-bond donors (Lipinski definition) is 2. The van der Waals surface area contributed by atoms with Crippen molar-refractivity contribution in [2.75, 3.05) is 31.7 Å². The molecule has 1 spiro atoms. The number of amides is 1. The molecule has 2 N–H and O–H groups in total. The molecular weight excluding hydrogens is 326 g/mol. The monoisotopic (exact) mass is 347 g/mol. The SMILES string of the molecule is COCCN1C(=O)[C@]2(NCCc3c2[nH]c2ccccc32)c2ccccc21. The normalized spacial score (nSPS) is 21.4. The van der Waals surface area contributed by atoms with Gasteiger partial charge in [-0.25, -0.2) is 0 Å². The molecule has 26 heavy (non-hydrogen) atoms. The number of H-pyrrole nitrogens is 1. The second-order valence-electron chi connectivity index (χ2n) is 6.92. The van der Waals surface area contributed by atoms with Crippen molar-refractivity contribution in [1.82, 2.24) is 10.3 Å². The van der Waals surface area contributed by atoms with E-state index in [1.807, 2.05) is 29.2 Å². The van der Waals surface area contributed by atoms with Crippen molar-refractivity contribution >= 4 is 22.5 Å². The van der Waals surface area contributed by atoms with E-state index in [1.165, 1.54) is 10.9 Å². The fourth-order valence-corrected chi connectivity index (χ4v) is 4.51. The van der Waals surface area contributed by atoms with Crippen LogP contribution in [0.25, 0.3) is 10.9 Å². The van der Waals surface area contributed by atoms with Crippen molar-refractivity contribution in [2.24, 2.45) is 0 Å². The molecule has 2 aliphatic heterocycles. The minimum atomic E-state index is -0.836. The lowest BCUT2D eigenvalue weighted by molar-refractivity contribution is -0.123. The number of carbonyl (C=O) groups excluding carboxylic acids is 1. The van der Waals surface area contributed by atoms with Gasteiger partial charge in [-0.05, 0) is 24.1 Å². The molecule has 2 aliphatic rings. The summed E-state index contributed by atoms with van der Waals surface area (Å²) in [5, 5.41) is 4.77. The van der Waals surface area contributed by atoms with Crippen LogP contribution in [0.3, 0.4) is 0 Å². The summed E-state index contributed by atoms with van der Waals surface area (Å²) in [7, 11) is 1.66. The van der Waals surface area contributed by atoms with Crippen LogP contribution in [0.1, 0.15) is 16.8 Å². The summed E-state index contributed by atoms with van der Waals surface area (Å²) in [5.41, 5.74) is 4.47. The molecule has 2 aromatic carbocycles. The summed E-state index contributed by atoms with van der Waals surface area (Å²) in [4.78, 5) is 19.1. The molecule has 3 heterocycles. The third-order valence-corrected chi connectivity index (χ3v) is 5.64. The molecule has 0 bridgehead atoms. The van der Waals surface area contributed by atoms with Gasteiger partial charge in [0.05, 0.1) is 12.3 Å². The molecule has 3 aromatic rings. The summed E-state index contributed by atoms with van der Waals surface area (Å²) in [6.45, 7) is 1.83. The molecule has 0 aliphatic carbocycles. The second kappa shape index (κ2) is 5.69. The molecule has 0 radical (unpaired) electrons. The number of nitrogens with zero attached hydrogens (tertiary/aromatic N) is 1. The fourth-order valence-electron chi connectivity index (χ4n) is 4.51. The molecule has 1 atom stereocenters. The molecule has 0 unspecified atom stereocenters. The highest BCUT2D eigenvalue weighted by Crippen LogP contribution is 2.47. The highest BCUT2D eigenvalue weighted by atomic mass is 16.5. The van der Waals surface area contributed by atoms with Gasteiger partial charge < -0.3 is 14.6 Å². The average molecular weight is 347 g/mol. The van der Waals surface area contributed by atoms with Crippen LogP contribution < -0.4 is 10.2 Å². The van der Waals surface area contributed by atoms with Gasteiger partial charge in [0.15, 0.2) is 5.54 Å². The number of benzene rings is 2. The first-order chi connectivity index (χ1) is 12.8. The lowest BCUT2D eigenvalue weighted by Crippen LogP contribution is -2.55. The zero-order chi connectivity index (χ0) is 17.7. The Bertz CT molecular complexity index is 1010. The Morgan fingerprint density at radius 3 is 2.85 bits per heavy atom. The van der Waals surface area contributed by atoms with Crippen molar-refractivity contribution in [3.05, 3.63) is 65.4 Å². The van der Waals surface area contributed by atoms with Crippen molar-refractivity contribution in [2.45, 2.75) is 12.0 Å². The molecule has 5 nitrogen and oxygen atoms in total. The van der Waals surface area contributed by atoms with E-state index in [9.17, 15) is 4.79 Å². The number of ether oxygens (including phenoxy) is 1. The molecular formula is C21H21N3O2. The number of hydrogen-bond acceptors (Lipinski definition) is 3. The van der Waals surface area contributed by atoms with Crippen molar-refractivity contribution in [3.8, 4) is 0 Å². The summed E-state index contributed by atoms with van der Waals surface area (Å²) in [5.74, 6) is 0.0725. The maximum atomic E-state index is 13.7. The van der Waals surface area contributed by atoms with Gasteiger partial charge in [-0.15, -0.1) is 0 Å². The van der Waals surface area contributed by atoms with Crippen molar-refractivity contribution in [3.63, 3.8) is 0 Å². The van der Waals surface area contributed by atoms with Gasteiger partial charge in [0.25, 0.3) is 5.91 Å². The largest absolute Gasteiger partial charge is 0.383 e. The van der Waals surface area contributed by atoms with Gasteiger partial charge in [0.1, 0.15) is 0 Å². The summed E-state index contributed by atoms with van der Waals surface area (Å²) in [6.07, 6.45) is 0.911. The van der Waals surface area contributed by atoms with Crippen molar-refractivity contribution < 1.29 is 9.53 Å². The first kappa shape index (κ1) is 15.6. The minimum Gasteiger partial charge on any atom is -0.383 e. The van der Waals surface area contributed by atoms with E-state index in [0.29, 0.717) is 13.2 Å². The van der Waals surface area contributed by atoms with Crippen LogP contribution in [0.4, 0.5) is 5.69 Å². The lowest BCUT2D eigenvalue weighted by Gasteiger charge is -2.34. The van der Waals surface area contributed by atoms with E-state index in [-0.39, 0.29) is 5.91 Å². The second-order valence-corrected chi connectivity index (χ2v) is 6.92. The van der Waals surface area contributed by atoms with Gasteiger partial charge in [0.2, 0.25) is 0 Å². The Morgan fingerprint density at radius 2 is 1.96 bits per heavy atom. The zero-order valence-electron chi connectivity index (χ0n) is 14.7. The van der Waals surface area contributed by atoms with Crippen LogP contribution in [-0.4, -0.2) is 37.7 Å². The third kappa shape index (κ3) is 1.90. The number of methoxy groups -OCH3 is 1. The average Bonchev–Trinajstić information content (AvgIpc) is 3.17. The predicted molar refractivity (Wildman–Crippen MR) is 101 cm³/mol. The van der Waals surface area contributed by atoms with Crippen LogP contribution in [0.5, 0.6) is 0 Å². The standard InChI is InChI=1S/C21H21N3O2/c1-26-13-12-24-18-9-5-3-7-16(18)21(20(24)25)19-15(10-11-22-21)14-6-2-4-8-17(14)23-19/h2-9,22-23H,10-13H2,1H3/t21-/m0/s1. The predicted octanol–water partition coefficient (Wildman–Crippen LogP) is 2.55. The molecule has 0 fully saturated rings. The van der Waals surface area contributed by atoms with Gasteiger partial charge in [-0.2, -0.15) is 0 Å². The Hall–Kier alpha value is -2.63. The minimum absolute atomic E-state index is 0.0725. The number of para-hydroxylation sites is 2. The van der Waals surface area contributed by atoms with Crippen LogP contribution in [-0.2, 0) is 21.5 Å². The first-order valence-electron chi connectivity index (χ1n) is 9.03. The molecule has 0 saturated heterocycles. The van der Waals surface area contributed by atoms with E-state index in [1.54, 1.807) is 7.11 Å². The molecule has 5 rings (SSSR count). The number of anilines is 1. The van der Waals surface area contributed by atoms with Crippen LogP contribution in [0.2, 0.25) is 0 Å². The Morgan fingerprint density at radius 1 is 1.15 bits per heavy atom. The molecule has 0 saturated carbocycles. The number of carbonyl (C=O) groups is 1. The van der Waals surface area contributed by atoms with Gasteiger partial charge >= 0.3 is 0 Å². The van der Waals surface area contributed by atoms with Crippen molar-refractivity contribution in [1.29, 1.82) is 0 Å².